The van der Waals surface area contributed by atoms with Gasteiger partial charge in [0, 0.05) is 0 Å². The molecule has 0 saturated carbocycles. The summed E-state index contributed by atoms with van der Waals surface area (Å²) in [5.41, 5.74) is 3.10. The predicted octanol–water partition coefficient (Wildman–Crippen LogP) is -0.529. The van der Waals surface area contributed by atoms with Gasteiger partial charge in [0.05, 0.1) is 0 Å². The van der Waals surface area contributed by atoms with Crippen LogP contribution in [0.4, 0.5) is 10.4 Å². The third-order valence-electron chi connectivity index (χ3n) is 3.41. The number of nitrogens with zero attached hydrogens (tertiary/aromatic N) is 3. The summed E-state index contributed by atoms with van der Waals surface area (Å²) in [5.74, 6) is -0.00492. The Morgan fingerprint density at radius 2 is 1.96 bits per heavy atom. The molecule has 0 aliphatic carbocycles. The van der Waals surface area contributed by atoms with Gasteiger partial charge >= 0.3 is 141 Å². The Balaban J connectivity index is 0.00000208. The van der Waals surface area contributed by atoms with Crippen LogP contribution >= 0.6 is 0 Å². The van der Waals surface area contributed by atoms with Gasteiger partial charge in [0.2, 0.25) is 0 Å². The number of rotatable bonds is 4. The fourth-order valence-electron chi connectivity index (χ4n) is 2.41. The quantitative estimate of drug-likeness (QED) is 0.276. The van der Waals surface area contributed by atoms with E-state index in [4.69, 9.17) is 4.98 Å². The van der Waals surface area contributed by atoms with Gasteiger partial charge in [-0.15, -0.1) is 0 Å². The van der Waals surface area contributed by atoms with E-state index in [1.807, 2.05) is 42.6 Å². The largest absolute Gasteiger partial charge is 1.00 e. The number of carbonyl (C=O) groups is 1. The number of anilines is 2. The third kappa shape index (κ3) is 4.53. The topological polar surface area (TPSA) is 37.1 Å². The van der Waals surface area contributed by atoms with E-state index < -0.39 is 0 Å². The zero-order valence-corrected chi connectivity index (χ0v) is 17.4. The number of aryl methyl sites for hydroxylation is 1. The van der Waals surface area contributed by atoms with Crippen molar-refractivity contribution in [3.63, 3.8) is 0 Å². The zero-order chi connectivity index (χ0) is 16.2. The monoisotopic (exact) mass is 499 g/mol. The van der Waals surface area contributed by atoms with Crippen molar-refractivity contribution in [2.24, 2.45) is 0 Å². The van der Waals surface area contributed by atoms with Gasteiger partial charge < -0.3 is 24.0 Å². The molecule has 3 aromatic rings. The Kier molecular flexibility index (Phi) is 6.71. The van der Waals surface area contributed by atoms with Crippen molar-refractivity contribution in [2.75, 3.05) is 4.90 Å². The van der Waals surface area contributed by atoms with Crippen molar-refractivity contribution in [3.8, 4) is 0 Å². The van der Waals surface area contributed by atoms with Crippen molar-refractivity contribution < 1.29 is 33.3 Å². The molecule has 124 valence electrons. The van der Waals surface area contributed by atoms with Crippen LogP contribution in [-0.2, 0) is 11.3 Å². The second-order valence-corrected chi connectivity index (χ2v) is 7.12. The first-order valence-corrected chi connectivity index (χ1v) is 9.24. The van der Waals surface area contributed by atoms with E-state index >= 15 is 0 Å². The molecule has 0 unspecified atom stereocenters. The van der Waals surface area contributed by atoms with E-state index in [1.54, 1.807) is 11.8 Å². The molecule has 6 heteroatoms. The number of para-hydroxylation sites is 1. The summed E-state index contributed by atoms with van der Waals surface area (Å²) in [4.78, 5) is 20.6. The summed E-state index contributed by atoms with van der Waals surface area (Å²) in [7, 11) is 0. The van der Waals surface area contributed by atoms with Crippen LogP contribution in [0.3, 0.4) is 0 Å². The van der Waals surface area contributed by atoms with Crippen LogP contribution in [0.1, 0.15) is 18.2 Å². The van der Waals surface area contributed by atoms with E-state index in [2.05, 4.69) is 28.7 Å². The van der Waals surface area contributed by atoms with Crippen LogP contribution in [0.25, 0.3) is 0 Å². The van der Waals surface area contributed by atoms with Crippen molar-refractivity contribution in [2.45, 2.75) is 20.4 Å². The average molecular weight is 498 g/mol. The second-order valence-electron chi connectivity index (χ2n) is 5.37. The van der Waals surface area contributed by atoms with Gasteiger partial charge in [-0.05, 0) is 0 Å². The summed E-state index contributed by atoms with van der Waals surface area (Å²) in [6.45, 7) is 4.39. The number of hydrogen-bond acceptors (Lipinski definition) is 2. The molecule has 0 atom stereocenters. The molecular weight excluding hydrogens is 480 g/mol. The van der Waals surface area contributed by atoms with Crippen molar-refractivity contribution in [1.29, 1.82) is 0 Å². The Labute approximate surface area is 164 Å². The zero-order valence-electron chi connectivity index (χ0n) is 13.5. The normalized spacial score (nSPS) is 10.1. The van der Waals surface area contributed by atoms with E-state index in [0.29, 0.717) is 0 Å². The van der Waals surface area contributed by atoms with E-state index in [1.165, 1.54) is 5.56 Å². The minimum absolute atomic E-state index is 0. The minimum Gasteiger partial charge on any atom is -1.00 e. The molecule has 0 saturated heterocycles. The molecule has 0 bridgehead atoms. The van der Waals surface area contributed by atoms with E-state index in [-0.39, 0.29) is 44.4 Å². The Bertz CT molecular complexity index is 820. The van der Waals surface area contributed by atoms with Crippen LogP contribution in [0.2, 0.25) is 0 Å². The molecule has 4 nitrogen and oxygen atoms in total. The van der Waals surface area contributed by atoms with Gasteiger partial charge in [-0.25, -0.2) is 0 Å². The molecular formula is C18H18IN3OSe. The van der Waals surface area contributed by atoms with Crippen LogP contribution < -0.4 is 33.4 Å². The fraction of sp³-hybridized carbons (Fsp3) is 0.167. The summed E-state index contributed by atoms with van der Waals surface area (Å²) >= 11 is 0.0707. The number of amides is 1. The summed E-state index contributed by atoms with van der Waals surface area (Å²) in [5, 5.41) is 0. The second kappa shape index (κ2) is 8.55. The van der Waals surface area contributed by atoms with Crippen LogP contribution in [0, 0.1) is 6.92 Å². The van der Waals surface area contributed by atoms with Crippen LogP contribution in [0.5, 0.6) is 0 Å². The maximum Gasteiger partial charge on any atom is -1.00 e. The van der Waals surface area contributed by atoms with Crippen molar-refractivity contribution in [3.05, 3.63) is 71.1 Å². The Hall–Kier alpha value is -1.50. The van der Waals surface area contributed by atoms with Gasteiger partial charge in [0.25, 0.3) is 0 Å². The number of pyridine rings is 1. The molecule has 0 N–H and O–H groups in total. The van der Waals surface area contributed by atoms with Gasteiger partial charge in [0.15, 0.2) is 0 Å². The molecule has 0 fully saturated rings. The smallest absolute Gasteiger partial charge is 1.00 e. The molecule has 0 aliphatic heterocycles. The minimum atomic E-state index is -0.00492. The maximum atomic E-state index is 12.1. The third-order valence-corrected chi connectivity index (χ3v) is 5.25. The first kappa shape index (κ1) is 18.8. The van der Waals surface area contributed by atoms with Gasteiger partial charge in [0.1, 0.15) is 0 Å². The average Bonchev–Trinajstić information content (AvgIpc) is 2.96. The fourth-order valence-corrected chi connectivity index (χ4v) is 4.26. The number of hydrogen-bond donors (Lipinski definition) is 0. The van der Waals surface area contributed by atoms with Gasteiger partial charge in [-0.1, -0.05) is 0 Å². The molecule has 0 aliphatic rings. The number of benzene rings is 1. The SMILES string of the molecule is CC(=O)N(c1ccccc1)c1nc(C[n+]2cccc(C)c2)c[se]1.[I-]. The molecule has 1 aromatic carbocycles. The van der Waals surface area contributed by atoms with Gasteiger partial charge in [-0.3, -0.25) is 0 Å². The van der Waals surface area contributed by atoms with E-state index in [9.17, 15) is 4.79 Å². The standard InChI is InChI=1S/C18H18N3OSe.HI/c1-14-7-6-10-20(11-14)12-16-13-23-18(19-16)21(15(2)22)17-8-4-3-5-9-17;/h3-11,13H,12H2,1-2H3;1H/q+1;/p-1. The summed E-state index contributed by atoms with van der Waals surface area (Å²) < 4.78 is 2.96. The van der Waals surface area contributed by atoms with Gasteiger partial charge in [-0.2, -0.15) is 0 Å². The molecule has 24 heavy (non-hydrogen) atoms. The molecule has 2 heterocycles. The number of aromatic nitrogens is 2. The first-order valence-electron chi connectivity index (χ1n) is 7.39. The first-order chi connectivity index (χ1) is 11.1. The maximum absolute atomic E-state index is 12.1. The summed E-state index contributed by atoms with van der Waals surface area (Å²) in [6, 6.07) is 13.8. The predicted molar refractivity (Wildman–Crippen MR) is 90.9 cm³/mol. The van der Waals surface area contributed by atoms with E-state index in [0.717, 1.165) is 22.6 Å². The van der Waals surface area contributed by atoms with Crippen LogP contribution in [-0.4, -0.2) is 25.4 Å². The number of halogens is 1. The summed E-state index contributed by atoms with van der Waals surface area (Å²) in [6.07, 6.45) is 4.13. The number of carbonyl (C=O) groups excluding carboxylic acids is 1. The molecule has 1 amide bonds. The van der Waals surface area contributed by atoms with Crippen LogP contribution in [0.15, 0.2) is 59.8 Å². The molecule has 0 radical (unpaired) electrons. The van der Waals surface area contributed by atoms with Crippen molar-refractivity contribution >= 4 is 30.8 Å². The molecule has 0 spiro atoms. The molecule has 3 rings (SSSR count). The Morgan fingerprint density at radius 3 is 2.62 bits per heavy atom. The molecule has 2 aromatic heterocycles. The Morgan fingerprint density at radius 1 is 1.21 bits per heavy atom. The van der Waals surface area contributed by atoms with Crippen molar-refractivity contribution in [1.82, 2.24) is 4.98 Å².